The normalized spacial score (nSPS) is 10.1. The second kappa shape index (κ2) is 8.95. The maximum Gasteiger partial charge on any atom is 0.168 e. The molecular weight excluding hydrogens is 324 g/mol. The summed E-state index contributed by atoms with van der Waals surface area (Å²) in [7, 11) is 0. The van der Waals surface area contributed by atoms with E-state index in [-0.39, 0.29) is 5.78 Å². The van der Waals surface area contributed by atoms with Gasteiger partial charge in [-0.2, -0.15) is 0 Å². The van der Waals surface area contributed by atoms with E-state index in [2.05, 4.69) is 30.3 Å². The lowest BCUT2D eigenvalue weighted by molar-refractivity contribution is 0.0993. The van der Waals surface area contributed by atoms with Crippen molar-refractivity contribution < 1.29 is 4.79 Å². The van der Waals surface area contributed by atoms with Gasteiger partial charge in [0.2, 0.25) is 0 Å². The molecule has 3 aromatic rings. The molecule has 0 saturated carbocycles. The number of benzene rings is 2. The van der Waals surface area contributed by atoms with Crippen molar-refractivity contribution in [1.29, 1.82) is 0 Å². The van der Waals surface area contributed by atoms with Gasteiger partial charge in [-0.3, -0.25) is 4.79 Å². The standard InChI is InChI=1S/C23H20OS/c24-22(20-13-8-4-9-14-20)18-23-21(15-7-1-2-10-16-25-23)17-19-11-5-3-6-12-19/h1-16H,17-18H2. The molecule has 0 atom stereocenters. The van der Waals surface area contributed by atoms with E-state index in [4.69, 9.17) is 0 Å². The Kier molecular flexibility index (Phi) is 6.13. The molecule has 2 heteroatoms. The lowest BCUT2D eigenvalue weighted by atomic mass is 10.0. The van der Waals surface area contributed by atoms with E-state index in [1.54, 1.807) is 11.3 Å². The number of hydrogen-bond acceptors (Lipinski definition) is 2. The Morgan fingerprint density at radius 2 is 1.32 bits per heavy atom. The highest BCUT2D eigenvalue weighted by molar-refractivity contribution is 7.09. The molecule has 0 aliphatic rings. The van der Waals surface area contributed by atoms with Crippen LogP contribution in [0, 0.1) is 0 Å². The van der Waals surface area contributed by atoms with E-state index in [1.807, 2.05) is 66.0 Å². The van der Waals surface area contributed by atoms with E-state index in [1.165, 1.54) is 11.1 Å². The maximum absolute atomic E-state index is 12.7. The first-order valence-electron chi connectivity index (χ1n) is 8.33. The molecule has 0 N–H and O–H groups in total. The molecule has 0 radical (unpaired) electrons. The summed E-state index contributed by atoms with van der Waals surface area (Å²) in [4.78, 5) is 13.8. The van der Waals surface area contributed by atoms with Gasteiger partial charge in [-0.15, -0.1) is 11.3 Å². The van der Waals surface area contributed by atoms with Crippen LogP contribution in [0.1, 0.15) is 26.4 Å². The summed E-state index contributed by atoms with van der Waals surface area (Å²) in [6.07, 6.45) is 1.24. The van der Waals surface area contributed by atoms with Crippen molar-refractivity contribution in [2.75, 3.05) is 0 Å². The van der Waals surface area contributed by atoms with Gasteiger partial charge in [0, 0.05) is 16.9 Å². The van der Waals surface area contributed by atoms with Crippen LogP contribution in [0.25, 0.3) is 0 Å². The van der Waals surface area contributed by atoms with Gasteiger partial charge >= 0.3 is 0 Å². The highest BCUT2D eigenvalue weighted by Crippen LogP contribution is 2.19. The van der Waals surface area contributed by atoms with Crippen molar-refractivity contribution in [3.8, 4) is 0 Å². The fourth-order valence-corrected chi connectivity index (χ4v) is 3.48. The lowest BCUT2D eigenvalue weighted by Crippen LogP contribution is -2.04. The van der Waals surface area contributed by atoms with Crippen molar-refractivity contribution in [1.82, 2.24) is 0 Å². The number of ketones is 1. The van der Waals surface area contributed by atoms with Gasteiger partial charge in [0.05, 0.1) is 0 Å². The molecule has 0 fully saturated rings. The first kappa shape index (κ1) is 17.1. The van der Waals surface area contributed by atoms with Crippen LogP contribution in [-0.2, 0) is 12.8 Å². The van der Waals surface area contributed by atoms with Crippen molar-refractivity contribution in [3.63, 3.8) is 0 Å². The van der Waals surface area contributed by atoms with Gasteiger partial charge in [-0.1, -0.05) is 91.0 Å². The lowest BCUT2D eigenvalue weighted by Gasteiger charge is -2.07. The zero-order valence-electron chi connectivity index (χ0n) is 14.0. The Bertz CT molecular complexity index is 865. The molecule has 3 rings (SSSR count). The Balaban J connectivity index is 1.96. The summed E-state index contributed by atoms with van der Waals surface area (Å²) in [6, 6.07) is 30.1. The molecule has 124 valence electrons. The molecule has 0 aliphatic carbocycles. The molecule has 1 aromatic heterocycles. The Morgan fingerprint density at radius 3 is 2.08 bits per heavy atom. The third-order valence-electron chi connectivity index (χ3n) is 3.93. The number of rotatable bonds is 5. The largest absolute Gasteiger partial charge is 0.294 e. The average Bonchev–Trinajstić information content (AvgIpc) is 2.76. The molecule has 0 bridgehead atoms. The number of hydrogen-bond donors (Lipinski definition) is 0. The SMILES string of the molecule is O=C(Cc1sccccccc1Cc1ccccc1)c1ccccc1. The summed E-state index contributed by atoms with van der Waals surface area (Å²) >= 11 is 1.64. The van der Waals surface area contributed by atoms with Crippen LogP contribution in [0.5, 0.6) is 0 Å². The maximum atomic E-state index is 12.7. The molecular formula is C23H20OS. The quantitative estimate of drug-likeness (QED) is 0.528. The minimum absolute atomic E-state index is 0.155. The minimum atomic E-state index is 0.155. The van der Waals surface area contributed by atoms with Crippen LogP contribution in [0.2, 0.25) is 0 Å². The molecule has 0 spiro atoms. The van der Waals surface area contributed by atoms with Gasteiger partial charge in [0.15, 0.2) is 5.78 Å². The highest BCUT2D eigenvalue weighted by atomic mass is 32.1. The number of carbonyl (C=O) groups excluding carboxylic acids is 1. The van der Waals surface area contributed by atoms with Gasteiger partial charge < -0.3 is 0 Å². The van der Waals surface area contributed by atoms with Gasteiger partial charge in [-0.05, 0) is 22.9 Å². The second-order valence-electron chi connectivity index (χ2n) is 5.77. The molecule has 1 nitrogen and oxygen atoms in total. The van der Waals surface area contributed by atoms with E-state index in [0.29, 0.717) is 6.42 Å². The average molecular weight is 344 g/mol. The Morgan fingerprint density at radius 1 is 0.720 bits per heavy atom. The van der Waals surface area contributed by atoms with E-state index in [9.17, 15) is 4.79 Å². The van der Waals surface area contributed by atoms with Gasteiger partial charge in [-0.25, -0.2) is 0 Å². The van der Waals surface area contributed by atoms with Crippen LogP contribution >= 0.6 is 11.3 Å². The fraction of sp³-hybridized carbons (Fsp3) is 0.0870. The first-order valence-corrected chi connectivity index (χ1v) is 9.21. The summed E-state index contributed by atoms with van der Waals surface area (Å²) in [5.74, 6) is 0.155. The Hall–Kier alpha value is -2.71. The predicted octanol–water partition coefficient (Wildman–Crippen LogP) is 5.89. The molecule has 0 unspecified atom stereocenters. The number of carbonyl (C=O) groups is 1. The van der Waals surface area contributed by atoms with Crippen LogP contribution in [0.4, 0.5) is 0 Å². The minimum Gasteiger partial charge on any atom is -0.294 e. The van der Waals surface area contributed by atoms with Crippen LogP contribution in [0.3, 0.4) is 0 Å². The fourth-order valence-electron chi connectivity index (χ4n) is 2.64. The third kappa shape index (κ3) is 5.13. The topological polar surface area (TPSA) is 17.1 Å². The van der Waals surface area contributed by atoms with Gasteiger partial charge in [0.1, 0.15) is 0 Å². The summed E-state index contributed by atoms with van der Waals surface area (Å²) in [5, 5.41) is 2.04. The molecule has 0 amide bonds. The molecule has 1 heterocycles. The van der Waals surface area contributed by atoms with Crippen molar-refractivity contribution in [3.05, 3.63) is 118 Å². The van der Waals surface area contributed by atoms with Crippen molar-refractivity contribution in [2.24, 2.45) is 0 Å². The van der Waals surface area contributed by atoms with Crippen molar-refractivity contribution in [2.45, 2.75) is 12.8 Å². The summed E-state index contributed by atoms with van der Waals surface area (Å²) < 4.78 is 0. The second-order valence-corrected chi connectivity index (χ2v) is 6.77. The number of Topliss-reactive ketones (excluding diaryl/α,β-unsaturated/α-hetero) is 1. The third-order valence-corrected chi connectivity index (χ3v) is 4.92. The van der Waals surface area contributed by atoms with Crippen molar-refractivity contribution >= 4 is 17.1 Å². The zero-order valence-corrected chi connectivity index (χ0v) is 14.8. The van der Waals surface area contributed by atoms with E-state index < -0.39 is 0 Å². The monoisotopic (exact) mass is 344 g/mol. The van der Waals surface area contributed by atoms with Crippen LogP contribution < -0.4 is 0 Å². The van der Waals surface area contributed by atoms with Crippen LogP contribution in [-0.4, -0.2) is 5.78 Å². The smallest absolute Gasteiger partial charge is 0.168 e. The summed E-state index contributed by atoms with van der Waals surface area (Å²) in [6.45, 7) is 0. The molecule has 2 aromatic carbocycles. The first-order chi connectivity index (χ1) is 12.3. The van der Waals surface area contributed by atoms with E-state index in [0.717, 1.165) is 16.9 Å². The predicted molar refractivity (Wildman–Crippen MR) is 106 cm³/mol. The molecule has 0 aliphatic heterocycles. The van der Waals surface area contributed by atoms with Gasteiger partial charge in [0.25, 0.3) is 0 Å². The highest BCUT2D eigenvalue weighted by Gasteiger charge is 2.10. The zero-order chi connectivity index (χ0) is 17.3. The molecule has 0 saturated heterocycles. The van der Waals surface area contributed by atoms with Crippen LogP contribution in [0.15, 0.2) is 96.4 Å². The summed E-state index contributed by atoms with van der Waals surface area (Å²) in [5.41, 5.74) is 3.21. The Labute approximate surface area is 152 Å². The van der Waals surface area contributed by atoms with E-state index >= 15 is 0 Å². The molecule has 25 heavy (non-hydrogen) atoms.